The van der Waals surface area contributed by atoms with Crippen molar-refractivity contribution >= 4 is 21.7 Å². The summed E-state index contributed by atoms with van der Waals surface area (Å²) in [5.41, 5.74) is 9.87. The molecule has 4 unspecified atom stereocenters. The quantitative estimate of drug-likeness (QED) is 0.194. The number of para-hydroxylation sites is 1. The van der Waals surface area contributed by atoms with Gasteiger partial charge in [-0.1, -0.05) is 140 Å². The highest BCUT2D eigenvalue weighted by Gasteiger charge is 2.58. The van der Waals surface area contributed by atoms with E-state index in [1.807, 2.05) is 0 Å². The molecule has 5 aromatic rings. The van der Waals surface area contributed by atoms with Gasteiger partial charge >= 0.3 is 0 Å². The third kappa shape index (κ3) is 4.08. The zero-order chi connectivity index (χ0) is 32.7. The van der Waals surface area contributed by atoms with E-state index in [1.54, 1.807) is 0 Å². The lowest BCUT2D eigenvalue weighted by molar-refractivity contribution is 0.0893. The van der Waals surface area contributed by atoms with Gasteiger partial charge in [-0.2, -0.15) is 0 Å². The molecule has 1 spiro atoms. The molecule has 0 saturated carbocycles. The molecule has 3 heteroatoms. The maximum Gasteiger partial charge on any atom is 0.160 e. The van der Waals surface area contributed by atoms with Crippen molar-refractivity contribution < 1.29 is 4.74 Å². The summed E-state index contributed by atoms with van der Waals surface area (Å²) in [6.07, 6.45) is 25.0. The van der Waals surface area contributed by atoms with Crippen LogP contribution in [0.15, 0.2) is 168 Å². The van der Waals surface area contributed by atoms with Crippen molar-refractivity contribution in [2.75, 3.05) is 0 Å². The summed E-state index contributed by atoms with van der Waals surface area (Å²) < 4.78 is 7.17. The first-order valence-corrected chi connectivity index (χ1v) is 17.5. The number of hydrogen-bond acceptors (Lipinski definition) is 3. The van der Waals surface area contributed by atoms with Crippen LogP contribution in [-0.4, -0.2) is 15.6 Å². The van der Waals surface area contributed by atoms with Crippen LogP contribution in [0.3, 0.4) is 0 Å². The Labute approximate surface area is 287 Å². The SMILES string of the molecule is CC1C=CC2=C(C1)C1(C3=CC=CCC3(C)Oc3cc(-c4nc(-c5cccc6ccccc56)c5ccccc5n4)ccc31)C1C=CC=CC2=C1. The highest BCUT2D eigenvalue weighted by molar-refractivity contribution is 6.03. The Morgan fingerprint density at radius 1 is 0.816 bits per heavy atom. The van der Waals surface area contributed by atoms with Gasteiger partial charge in [-0.15, -0.1) is 0 Å². The summed E-state index contributed by atoms with van der Waals surface area (Å²) in [5, 5.41) is 3.43. The normalized spacial score (nSPS) is 26.2. The van der Waals surface area contributed by atoms with Crippen LogP contribution in [0.4, 0.5) is 0 Å². The molecule has 2 heterocycles. The van der Waals surface area contributed by atoms with Crippen LogP contribution in [0.2, 0.25) is 0 Å². The first-order chi connectivity index (χ1) is 24.0. The van der Waals surface area contributed by atoms with E-state index in [0.29, 0.717) is 11.7 Å². The summed E-state index contributed by atoms with van der Waals surface area (Å²) in [7, 11) is 0. The molecule has 0 N–H and O–H groups in total. The Balaban J connectivity index is 1.22. The maximum atomic E-state index is 7.17. The van der Waals surface area contributed by atoms with Gasteiger partial charge in [0, 0.05) is 34.4 Å². The van der Waals surface area contributed by atoms with E-state index < -0.39 is 5.60 Å². The van der Waals surface area contributed by atoms with Gasteiger partial charge in [-0.05, 0) is 64.5 Å². The number of benzene rings is 4. The lowest BCUT2D eigenvalue weighted by Gasteiger charge is -2.56. The third-order valence-electron chi connectivity index (χ3n) is 11.3. The zero-order valence-electron chi connectivity index (χ0n) is 27.7. The van der Waals surface area contributed by atoms with E-state index in [9.17, 15) is 0 Å². The highest BCUT2D eigenvalue weighted by atomic mass is 16.5. The largest absolute Gasteiger partial charge is 0.482 e. The number of hydrogen-bond donors (Lipinski definition) is 0. The highest BCUT2D eigenvalue weighted by Crippen LogP contribution is 2.63. The molecule has 49 heavy (non-hydrogen) atoms. The van der Waals surface area contributed by atoms with Crippen LogP contribution in [0.1, 0.15) is 32.3 Å². The molecule has 236 valence electrons. The first-order valence-electron chi connectivity index (χ1n) is 17.5. The summed E-state index contributed by atoms with van der Waals surface area (Å²) in [4.78, 5) is 10.5. The minimum absolute atomic E-state index is 0.162. The number of ether oxygens (including phenoxy) is 1. The predicted octanol–water partition coefficient (Wildman–Crippen LogP) is 11.0. The van der Waals surface area contributed by atoms with Crippen molar-refractivity contribution in [3.8, 4) is 28.4 Å². The van der Waals surface area contributed by atoms with Crippen LogP contribution in [0, 0.1) is 11.8 Å². The van der Waals surface area contributed by atoms with E-state index in [2.05, 4.69) is 160 Å². The Kier molecular flexibility index (Phi) is 6.09. The van der Waals surface area contributed by atoms with Gasteiger partial charge in [0.15, 0.2) is 5.82 Å². The molecule has 3 nitrogen and oxygen atoms in total. The standard InChI is InChI=1S/C46H36N2O/c1-29-21-23-35-31-13-3-5-15-33(27-31)46(39(35)26-29)38-24-22-32(28-41(38)49-45(2)25-10-9-20-42(45)46)44-47-40-19-8-7-17-37(40)43(48-44)36-18-11-14-30-12-4-6-16-34(30)36/h3-24,27-29,33H,25-26H2,1-2H3. The number of rotatable bonds is 2. The predicted molar refractivity (Wildman–Crippen MR) is 200 cm³/mol. The van der Waals surface area contributed by atoms with E-state index in [0.717, 1.165) is 46.3 Å². The van der Waals surface area contributed by atoms with Gasteiger partial charge < -0.3 is 4.74 Å². The molecular weight excluding hydrogens is 597 g/mol. The molecule has 0 saturated heterocycles. The molecule has 5 aliphatic rings. The van der Waals surface area contributed by atoms with E-state index in [1.165, 1.54) is 38.6 Å². The Morgan fingerprint density at radius 2 is 1.67 bits per heavy atom. The number of nitrogens with zero attached hydrogens (tertiary/aromatic N) is 2. The van der Waals surface area contributed by atoms with Crippen LogP contribution in [0.25, 0.3) is 44.3 Å². The summed E-state index contributed by atoms with van der Waals surface area (Å²) in [6, 6.07) is 30.1. The molecule has 4 aliphatic carbocycles. The molecule has 10 rings (SSSR count). The second-order valence-electron chi connectivity index (χ2n) is 14.3. The average molecular weight is 633 g/mol. The topological polar surface area (TPSA) is 35.0 Å². The number of allylic oxidation sites excluding steroid dienone is 12. The van der Waals surface area contributed by atoms with Crippen molar-refractivity contribution in [1.82, 2.24) is 9.97 Å². The fraction of sp³-hybridized carbons (Fsp3) is 0.174. The summed E-state index contributed by atoms with van der Waals surface area (Å²) >= 11 is 0. The lowest BCUT2D eigenvalue weighted by atomic mass is 9.51. The Bertz CT molecular complexity index is 2460. The lowest BCUT2D eigenvalue weighted by Crippen LogP contribution is -2.54. The second-order valence-corrected chi connectivity index (χ2v) is 14.3. The number of aromatic nitrogens is 2. The fourth-order valence-electron chi connectivity index (χ4n) is 9.18. The summed E-state index contributed by atoms with van der Waals surface area (Å²) in [6.45, 7) is 4.62. The molecule has 1 aromatic heterocycles. The molecule has 2 bridgehead atoms. The van der Waals surface area contributed by atoms with E-state index in [4.69, 9.17) is 14.7 Å². The molecule has 4 aromatic carbocycles. The van der Waals surface area contributed by atoms with Crippen LogP contribution in [-0.2, 0) is 5.41 Å². The smallest absolute Gasteiger partial charge is 0.160 e. The van der Waals surface area contributed by atoms with Crippen LogP contribution in [0.5, 0.6) is 5.75 Å². The molecule has 1 aliphatic heterocycles. The average Bonchev–Trinajstić information content (AvgIpc) is 3.36. The molecule has 4 atom stereocenters. The Hall–Kier alpha value is -5.54. The maximum absolute atomic E-state index is 7.17. The van der Waals surface area contributed by atoms with Crippen molar-refractivity contribution in [2.24, 2.45) is 11.8 Å². The van der Waals surface area contributed by atoms with Crippen molar-refractivity contribution in [3.05, 3.63) is 174 Å². The molecule has 0 radical (unpaired) electrons. The van der Waals surface area contributed by atoms with Crippen LogP contribution >= 0.6 is 0 Å². The van der Waals surface area contributed by atoms with Gasteiger partial charge in [-0.25, -0.2) is 9.97 Å². The molecule has 0 fully saturated rings. The van der Waals surface area contributed by atoms with Gasteiger partial charge in [0.2, 0.25) is 0 Å². The van der Waals surface area contributed by atoms with Crippen molar-refractivity contribution in [3.63, 3.8) is 0 Å². The molecule has 0 amide bonds. The number of fused-ring (bicyclic) bond motifs is 10. The van der Waals surface area contributed by atoms with E-state index >= 15 is 0 Å². The van der Waals surface area contributed by atoms with E-state index in [-0.39, 0.29) is 11.3 Å². The van der Waals surface area contributed by atoms with Gasteiger partial charge in [-0.3, -0.25) is 0 Å². The van der Waals surface area contributed by atoms with Gasteiger partial charge in [0.25, 0.3) is 0 Å². The summed E-state index contributed by atoms with van der Waals surface area (Å²) in [5.74, 6) is 2.25. The van der Waals surface area contributed by atoms with Crippen molar-refractivity contribution in [1.29, 1.82) is 0 Å². The minimum Gasteiger partial charge on any atom is -0.482 e. The fourth-order valence-corrected chi connectivity index (χ4v) is 9.18. The third-order valence-corrected chi connectivity index (χ3v) is 11.3. The molecular formula is C46H36N2O. The first kappa shape index (κ1) is 28.5. The monoisotopic (exact) mass is 632 g/mol. The Morgan fingerprint density at radius 3 is 2.61 bits per heavy atom. The van der Waals surface area contributed by atoms with Crippen LogP contribution < -0.4 is 4.74 Å². The van der Waals surface area contributed by atoms with Gasteiger partial charge in [0.1, 0.15) is 11.4 Å². The van der Waals surface area contributed by atoms with Gasteiger partial charge in [0.05, 0.1) is 16.6 Å². The second kappa shape index (κ2) is 10.5. The zero-order valence-corrected chi connectivity index (χ0v) is 27.7. The van der Waals surface area contributed by atoms with Crippen molar-refractivity contribution in [2.45, 2.75) is 37.7 Å². The minimum atomic E-state index is -0.486.